The van der Waals surface area contributed by atoms with Gasteiger partial charge in [0.2, 0.25) is 5.91 Å². The van der Waals surface area contributed by atoms with Gasteiger partial charge in [-0.25, -0.2) is 0 Å². The number of hydrogen-bond donors (Lipinski definition) is 1. The van der Waals surface area contributed by atoms with Crippen molar-refractivity contribution in [3.8, 4) is 0 Å². The Kier molecular flexibility index (Phi) is 6.82. The molecular formula is C21H32N4O4. The fourth-order valence-corrected chi connectivity index (χ4v) is 4.61. The Morgan fingerprint density at radius 3 is 2.66 bits per heavy atom. The molecule has 1 aromatic heterocycles. The summed E-state index contributed by atoms with van der Waals surface area (Å²) >= 11 is 0. The van der Waals surface area contributed by atoms with E-state index >= 15 is 0 Å². The molecule has 0 aromatic carbocycles. The van der Waals surface area contributed by atoms with Gasteiger partial charge >= 0.3 is 0 Å². The Morgan fingerprint density at radius 1 is 1.07 bits per heavy atom. The molecule has 1 N–H and O–H groups in total. The van der Waals surface area contributed by atoms with Crippen LogP contribution in [0.1, 0.15) is 60.3 Å². The Balaban J connectivity index is 1.36. The number of aromatic nitrogens is 2. The number of fused-ring (bicyclic) bond motifs is 1. The fourth-order valence-electron chi connectivity index (χ4n) is 4.61. The summed E-state index contributed by atoms with van der Waals surface area (Å²) in [6.45, 7) is 4.50. The normalized spacial score (nSPS) is 20.3. The van der Waals surface area contributed by atoms with Crippen molar-refractivity contribution in [1.82, 2.24) is 20.0 Å². The van der Waals surface area contributed by atoms with Crippen molar-refractivity contribution in [2.24, 2.45) is 5.92 Å². The van der Waals surface area contributed by atoms with Crippen LogP contribution in [0, 0.1) is 5.92 Å². The summed E-state index contributed by atoms with van der Waals surface area (Å²) in [6, 6.07) is 0. The molecule has 3 heterocycles. The maximum Gasteiger partial charge on any atom is 0.274 e. The number of rotatable bonds is 6. The third-order valence-corrected chi connectivity index (χ3v) is 6.24. The van der Waals surface area contributed by atoms with Crippen LogP contribution in [0.3, 0.4) is 0 Å². The molecule has 2 fully saturated rings. The fraction of sp³-hybridized carbons (Fsp3) is 0.762. The Hall–Kier alpha value is -1.93. The van der Waals surface area contributed by atoms with Crippen molar-refractivity contribution in [1.29, 1.82) is 0 Å². The number of morpholine rings is 1. The van der Waals surface area contributed by atoms with Gasteiger partial charge in [0.15, 0.2) is 5.69 Å². The van der Waals surface area contributed by atoms with E-state index in [0.29, 0.717) is 70.6 Å². The van der Waals surface area contributed by atoms with Crippen LogP contribution in [0.5, 0.6) is 0 Å². The zero-order valence-electron chi connectivity index (χ0n) is 17.2. The lowest BCUT2D eigenvalue weighted by Crippen LogP contribution is -2.41. The van der Waals surface area contributed by atoms with Gasteiger partial charge in [-0.05, 0) is 18.8 Å². The van der Waals surface area contributed by atoms with Gasteiger partial charge in [-0.15, -0.1) is 0 Å². The van der Waals surface area contributed by atoms with E-state index in [9.17, 15) is 9.59 Å². The van der Waals surface area contributed by atoms with Gasteiger partial charge in [-0.1, -0.05) is 19.3 Å². The highest BCUT2D eigenvalue weighted by Crippen LogP contribution is 2.26. The number of carbonyl (C=O) groups excluding carboxylic acids is 2. The Morgan fingerprint density at radius 2 is 1.86 bits per heavy atom. The van der Waals surface area contributed by atoms with Crippen molar-refractivity contribution in [3.05, 3.63) is 17.0 Å². The summed E-state index contributed by atoms with van der Waals surface area (Å²) in [5.41, 5.74) is 2.46. The van der Waals surface area contributed by atoms with E-state index in [4.69, 9.17) is 9.47 Å². The average Bonchev–Trinajstić information content (AvgIpc) is 3.13. The molecule has 2 amide bonds. The van der Waals surface area contributed by atoms with Gasteiger partial charge in [0.05, 0.1) is 33.0 Å². The van der Waals surface area contributed by atoms with E-state index in [2.05, 4.69) is 10.4 Å². The number of nitrogens with one attached hydrogen (secondary N) is 1. The second kappa shape index (κ2) is 9.71. The van der Waals surface area contributed by atoms with Crippen molar-refractivity contribution < 1.29 is 19.1 Å². The summed E-state index contributed by atoms with van der Waals surface area (Å²) in [6.07, 6.45) is 7.53. The molecule has 0 unspecified atom stereocenters. The first-order chi connectivity index (χ1) is 14.2. The first kappa shape index (κ1) is 20.3. The van der Waals surface area contributed by atoms with E-state index in [1.54, 1.807) is 4.90 Å². The van der Waals surface area contributed by atoms with E-state index < -0.39 is 0 Å². The summed E-state index contributed by atoms with van der Waals surface area (Å²) in [5.74, 6) is 0.622. The zero-order valence-corrected chi connectivity index (χ0v) is 17.2. The van der Waals surface area contributed by atoms with Crippen LogP contribution in [-0.2, 0) is 33.8 Å². The zero-order chi connectivity index (χ0) is 20.1. The van der Waals surface area contributed by atoms with Gasteiger partial charge < -0.3 is 19.7 Å². The molecule has 1 aromatic rings. The van der Waals surface area contributed by atoms with Crippen molar-refractivity contribution in [3.63, 3.8) is 0 Å². The molecular weight excluding hydrogens is 372 g/mol. The monoisotopic (exact) mass is 404 g/mol. The van der Waals surface area contributed by atoms with Crippen molar-refractivity contribution >= 4 is 11.8 Å². The molecule has 1 saturated carbocycles. The minimum absolute atomic E-state index is 0.0462. The molecule has 0 radical (unpaired) electrons. The minimum Gasteiger partial charge on any atom is -0.378 e. The van der Waals surface area contributed by atoms with Gasteiger partial charge in [0, 0.05) is 43.7 Å². The van der Waals surface area contributed by atoms with Crippen LogP contribution in [0.2, 0.25) is 0 Å². The molecule has 0 spiro atoms. The lowest BCUT2D eigenvalue weighted by molar-refractivity contribution is -0.122. The summed E-state index contributed by atoms with van der Waals surface area (Å²) in [4.78, 5) is 27.0. The molecule has 4 rings (SSSR count). The molecule has 0 atom stereocenters. The largest absolute Gasteiger partial charge is 0.378 e. The summed E-state index contributed by atoms with van der Waals surface area (Å²) in [5, 5.41) is 7.68. The average molecular weight is 405 g/mol. The smallest absolute Gasteiger partial charge is 0.274 e. The first-order valence-electron chi connectivity index (χ1n) is 11.0. The van der Waals surface area contributed by atoms with E-state index in [1.165, 1.54) is 32.1 Å². The van der Waals surface area contributed by atoms with Gasteiger partial charge in [-0.2, -0.15) is 5.10 Å². The SMILES string of the molecule is O=C(CC1CCCCC1)NCCn1nc(C(=O)N2CCOCC2)c2c1CCOC2. The maximum absolute atomic E-state index is 13.0. The quantitative estimate of drug-likeness (QED) is 0.777. The van der Waals surface area contributed by atoms with Crippen LogP contribution < -0.4 is 5.32 Å². The third kappa shape index (κ3) is 4.98. The highest BCUT2D eigenvalue weighted by atomic mass is 16.5. The Labute approximate surface area is 171 Å². The number of amides is 2. The molecule has 160 valence electrons. The topological polar surface area (TPSA) is 85.7 Å². The van der Waals surface area contributed by atoms with Crippen LogP contribution in [0.15, 0.2) is 0 Å². The Bertz CT molecular complexity index is 721. The van der Waals surface area contributed by atoms with Crippen LogP contribution >= 0.6 is 0 Å². The second-order valence-electron chi connectivity index (χ2n) is 8.26. The molecule has 8 nitrogen and oxygen atoms in total. The predicted octanol–water partition coefficient (Wildman–Crippen LogP) is 1.51. The predicted molar refractivity (Wildman–Crippen MR) is 107 cm³/mol. The van der Waals surface area contributed by atoms with Crippen molar-refractivity contribution in [2.75, 3.05) is 39.5 Å². The molecule has 2 aliphatic heterocycles. The van der Waals surface area contributed by atoms with Gasteiger partial charge in [0.1, 0.15) is 0 Å². The number of nitrogens with zero attached hydrogens (tertiary/aromatic N) is 3. The number of hydrogen-bond acceptors (Lipinski definition) is 5. The minimum atomic E-state index is -0.0462. The molecule has 29 heavy (non-hydrogen) atoms. The van der Waals surface area contributed by atoms with Crippen LogP contribution in [0.4, 0.5) is 0 Å². The molecule has 1 aliphatic carbocycles. The van der Waals surface area contributed by atoms with Gasteiger partial charge in [0.25, 0.3) is 5.91 Å². The summed E-state index contributed by atoms with van der Waals surface area (Å²) in [7, 11) is 0. The number of ether oxygens (including phenoxy) is 2. The van der Waals surface area contributed by atoms with Crippen LogP contribution in [0.25, 0.3) is 0 Å². The molecule has 1 saturated heterocycles. The maximum atomic E-state index is 13.0. The van der Waals surface area contributed by atoms with E-state index in [0.717, 1.165) is 17.7 Å². The molecule has 0 bridgehead atoms. The lowest BCUT2D eigenvalue weighted by atomic mass is 9.87. The highest BCUT2D eigenvalue weighted by molar-refractivity contribution is 5.94. The van der Waals surface area contributed by atoms with Crippen LogP contribution in [-0.4, -0.2) is 65.9 Å². The van der Waals surface area contributed by atoms with Crippen molar-refractivity contribution in [2.45, 2.75) is 58.1 Å². The highest BCUT2D eigenvalue weighted by Gasteiger charge is 2.29. The van der Waals surface area contributed by atoms with Gasteiger partial charge in [-0.3, -0.25) is 14.3 Å². The lowest BCUT2D eigenvalue weighted by Gasteiger charge is -2.26. The first-order valence-corrected chi connectivity index (χ1v) is 11.0. The standard InChI is InChI=1S/C21H32N4O4/c26-19(14-16-4-2-1-3-5-16)22-7-8-25-18-6-11-29-15-17(18)20(23-25)21(27)24-9-12-28-13-10-24/h16H,1-15H2,(H,22,26). The molecule has 8 heteroatoms. The molecule has 3 aliphatic rings. The second-order valence-corrected chi connectivity index (χ2v) is 8.26. The number of carbonyl (C=O) groups is 2. The third-order valence-electron chi connectivity index (χ3n) is 6.24. The van der Waals surface area contributed by atoms with E-state index in [1.807, 2.05) is 4.68 Å². The van der Waals surface area contributed by atoms with E-state index in [-0.39, 0.29) is 11.8 Å². The summed E-state index contributed by atoms with van der Waals surface area (Å²) < 4.78 is 12.8.